The maximum Gasteiger partial charge on any atom is 0.0448 e. The number of nitrogens with one attached hydrogen (secondary N) is 1. The molecule has 0 saturated heterocycles. The van der Waals surface area contributed by atoms with Gasteiger partial charge in [-0.3, -0.25) is 0 Å². The van der Waals surface area contributed by atoms with E-state index in [1.165, 1.54) is 11.1 Å². The van der Waals surface area contributed by atoms with E-state index in [9.17, 15) is 0 Å². The highest BCUT2D eigenvalue weighted by Gasteiger charge is 2.15. The summed E-state index contributed by atoms with van der Waals surface area (Å²) in [6, 6.07) is 8.37. The Morgan fingerprint density at radius 3 is 2.53 bits per heavy atom. The first-order valence-electron chi connectivity index (χ1n) is 5.45. The average molecular weight is 207 g/mol. The molecular formula is C13H21NO. The van der Waals surface area contributed by atoms with E-state index in [-0.39, 0.29) is 12.1 Å². The van der Waals surface area contributed by atoms with E-state index in [0.717, 1.165) is 13.0 Å². The van der Waals surface area contributed by atoms with Gasteiger partial charge in [-0.2, -0.15) is 0 Å². The van der Waals surface area contributed by atoms with Crippen LogP contribution in [0, 0.1) is 6.92 Å². The van der Waals surface area contributed by atoms with Crippen molar-refractivity contribution < 1.29 is 5.11 Å². The van der Waals surface area contributed by atoms with Gasteiger partial charge in [0.1, 0.15) is 0 Å². The normalized spacial score (nSPS) is 11.7. The highest BCUT2D eigenvalue weighted by Crippen LogP contribution is 2.11. The summed E-state index contributed by atoms with van der Waals surface area (Å²) in [5.74, 6) is 0. The zero-order valence-corrected chi connectivity index (χ0v) is 9.88. The van der Waals surface area contributed by atoms with Crippen LogP contribution in [0.3, 0.4) is 0 Å². The molecule has 0 radical (unpaired) electrons. The Balaban J connectivity index is 2.53. The van der Waals surface area contributed by atoms with Crippen LogP contribution in [-0.2, 0) is 6.54 Å². The maximum absolute atomic E-state index is 8.91. The van der Waals surface area contributed by atoms with Crippen molar-refractivity contribution in [1.29, 1.82) is 0 Å². The van der Waals surface area contributed by atoms with E-state index < -0.39 is 0 Å². The molecule has 0 amide bonds. The number of benzene rings is 1. The Bertz CT molecular complexity index is 307. The average Bonchev–Trinajstić information content (AvgIpc) is 2.16. The lowest BCUT2D eigenvalue weighted by atomic mass is 10.00. The van der Waals surface area contributed by atoms with E-state index in [1.807, 2.05) is 0 Å². The van der Waals surface area contributed by atoms with Gasteiger partial charge in [0.05, 0.1) is 0 Å². The molecule has 0 saturated carbocycles. The summed E-state index contributed by atoms with van der Waals surface area (Å²) in [5.41, 5.74) is 2.63. The molecule has 0 fully saturated rings. The first kappa shape index (κ1) is 12.2. The summed E-state index contributed by atoms with van der Waals surface area (Å²) in [4.78, 5) is 0. The summed E-state index contributed by atoms with van der Waals surface area (Å²) >= 11 is 0. The molecule has 84 valence electrons. The Labute approximate surface area is 92.3 Å². The number of hydrogen-bond acceptors (Lipinski definition) is 2. The van der Waals surface area contributed by atoms with Crippen LogP contribution < -0.4 is 5.32 Å². The van der Waals surface area contributed by atoms with Crippen LogP contribution in [0.1, 0.15) is 31.4 Å². The predicted molar refractivity (Wildman–Crippen MR) is 63.8 cm³/mol. The van der Waals surface area contributed by atoms with Crippen LogP contribution in [0.25, 0.3) is 0 Å². The minimum absolute atomic E-state index is 0.00295. The van der Waals surface area contributed by atoms with Crippen molar-refractivity contribution in [2.45, 2.75) is 39.3 Å². The molecule has 0 atom stereocenters. The largest absolute Gasteiger partial charge is 0.396 e. The van der Waals surface area contributed by atoms with E-state index in [2.05, 4.69) is 50.4 Å². The third kappa shape index (κ3) is 4.02. The molecule has 0 unspecified atom stereocenters. The van der Waals surface area contributed by atoms with Gasteiger partial charge in [-0.05, 0) is 38.3 Å². The van der Waals surface area contributed by atoms with E-state index in [0.29, 0.717) is 0 Å². The standard InChI is InChI=1S/C13H21NO/c1-11-6-4-5-7-12(11)10-14-13(2,3)8-9-15/h4-7,14-15H,8-10H2,1-3H3. The van der Waals surface area contributed by atoms with Gasteiger partial charge in [-0.25, -0.2) is 0 Å². The topological polar surface area (TPSA) is 32.3 Å². The lowest BCUT2D eigenvalue weighted by Gasteiger charge is -2.25. The number of aliphatic hydroxyl groups excluding tert-OH is 1. The van der Waals surface area contributed by atoms with Crippen molar-refractivity contribution in [3.8, 4) is 0 Å². The van der Waals surface area contributed by atoms with Crippen LogP contribution in [0.4, 0.5) is 0 Å². The fourth-order valence-corrected chi connectivity index (χ4v) is 1.51. The van der Waals surface area contributed by atoms with Crippen molar-refractivity contribution >= 4 is 0 Å². The second-order valence-corrected chi connectivity index (χ2v) is 4.64. The van der Waals surface area contributed by atoms with Crippen molar-refractivity contribution in [2.75, 3.05) is 6.61 Å². The Kier molecular flexibility index (Phi) is 4.30. The second kappa shape index (κ2) is 5.29. The summed E-state index contributed by atoms with van der Waals surface area (Å²) < 4.78 is 0. The van der Waals surface area contributed by atoms with Gasteiger partial charge in [0, 0.05) is 18.7 Å². The SMILES string of the molecule is Cc1ccccc1CNC(C)(C)CCO. The van der Waals surface area contributed by atoms with Gasteiger partial charge in [-0.1, -0.05) is 24.3 Å². The highest BCUT2D eigenvalue weighted by atomic mass is 16.3. The van der Waals surface area contributed by atoms with E-state index >= 15 is 0 Å². The lowest BCUT2D eigenvalue weighted by molar-refractivity contribution is 0.230. The fourth-order valence-electron chi connectivity index (χ4n) is 1.51. The molecule has 0 aliphatic rings. The van der Waals surface area contributed by atoms with Crippen LogP contribution in [0.15, 0.2) is 24.3 Å². The first-order valence-corrected chi connectivity index (χ1v) is 5.45. The molecule has 15 heavy (non-hydrogen) atoms. The van der Waals surface area contributed by atoms with Gasteiger partial charge in [0.25, 0.3) is 0 Å². The van der Waals surface area contributed by atoms with Crippen molar-refractivity contribution in [1.82, 2.24) is 5.32 Å². The summed E-state index contributed by atoms with van der Waals surface area (Å²) in [7, 11) is 0. The van der Waals surface area contributed by atoms with E-state index in [1.54, 1.807) is 0 Å². The molecule has 1 aromatic rings. The lowest BCUT2D eigenvalue weighted by Crippen LogP contribution is -2.39. The molecule has 0 spiro atoms. The van der Waals surface area contributed by atoms with Gasteiger partial charge >= 0.3 is 0 Å². The monoisotopic (exact) mass is 207 g/mol. The smallest absolute Gasteiger partial charge is 0.0448 e. The Hall–Kier alpha value is -0.860. The molecule has 2 nitrogen and oxygen atoms in total. The number of aryl methyl sites for hydroxylation is 1. The van der Waals surface area contributed by atoms with Gasteiger partial charge < -0.3 is 10.4 Å². The Morgan fingerprint density at radius 2 is 1.93 bits per heavy atom. The second-order valence-electron chi connectivity index (χ2n) is 4.64. The van der Waals surface area contributed by atoms with E-state index in [4.69, 9.17) is 5.11 Å². The molecule has 1 rings (SSSR count). The molecular weight excluding hydrogens is 186 g/mol. The number of aliphatic hydroxyl groups is 1. The zero-order valence-electron chi connectivity index (χ0n) is 9.88. The first-order chi connectivity index (χ1) is 7.05. The molecule has 0 aliphatic carbocycles. The van der Waals surface area contributed by atoms with Gasteiger partial charge in [0.15, 0.2) is 0 Å². The molecule has 0 bridgehead atoms. The fraction of sp³-hybridized carbons (Fsp3) is 0.538. The molecule has 0 aliphatic heterocycles. The van der Waals surface area contributed by atoms with Gasteiger partial charge in [0.2, 0.25) is 0 Å². The minimum atomic E-state index is -0.00295. The summed E-state index contributed by atoms with van der Waals surface area (Å²) in [6.45, 7) is 7.44. The molecule has 2 heteroatoms. The van der Waals surface area contributed by atoms with Crippen molar-refractivity contribution in [2.24, 2.45) is 0 Å². The van der Waals surface area contributed by atoms with Crippen LogP contribution in [0.5, 0.6) is 0 Å². The predicted octanol–water partition coefficient (Wildman–Crippen LogP) is 2.25. The van der Waals surface area contributed by atoms with Gasteiger partial charge in [-0.15, -0.1) is 0 Å². The third-order valence-electron chi connectivity index (χ3n) is 2.76. The van der Waals surface area contributed by atoms with Crippen LogP contribution in [0.2, 0.25) is 0 Å². The quantitative estimate of drug-likeness (QED) is 0.776. The summed E-state index contributed by atoms with van der Waals surface area (Å²) in [5, 5.41) is 12.4. The molecule has 0 heterocycles. The number of hydrogen-bond donors (Lipinski definition) is 2. The molecule has 1 aromatic carbocycles. The summed E-state index contributed by atoms with van der Waals surface area (Å²) in [6.07, 6.45) is 0.777. The van der Waals surface area contributed by atoms with Crippen molar-refractivity contribution in [3.63, 3.8) is 0 Å². The van der Waals surface area contributed by atoms with Crippen LogP contribution in [-0.4, -0.2) is 17.3 Å². The molecule has 2 N–H and O–H groups in total. The Morgan fingerprint density at radius 1 is 1.27 bits per heavy atom. The van der Waals surface area contributed by atoms with Crippen molar-refractivity contribution in [3.05, 3.63) is 35.4 Å². The maximum atomic E-state index is 8.91. The molecule has 0 aromatic heterocycles. The highest BCUT2D eigenvalue weighted by molar-refractivity contribution is 5.25. The number of rotatable bonds is 5. The zero-order chi connectivity index (χ0) is 11.3. The minimum Gasteiger partial charge on any atom is -0.396 e. The van der Waals surface area contributed by atoms with Crippen LogP contribution >= 0.6 is 0 Å². The third-order valence-corrected chi connectivity index (χ3v) is 2.76.